The SMILES string of the molecule is Cc1c(C(C)C)ccc(C#N)c1Cl. The first-order chi connectivity index (χ1) is 6.07. The number of rotatable bonds is 1. The molecule has 1 rings (SSSR count). The molecule has 0 saturated heterocycles. The van der Waals surface area contributed by atoms with Crippen molar-refractivity contribution in [1.29, 1.82) is 5.26 Å². The van der Waals surface area contributed by atoms with Gasteiger partial charge in [-0.1, -0.05) is 31.5 Å². The third-order valence-electron chi connectivity index (χ3n) is 2.17. The van der Waals surface area contributed by atoms with Gasteiger partial charge in [-0.2, -0.15) is 5.26 Å². The molecule has 0 heterocycles. The van der Waals surface area contributed by atoms with Gasteiger partial charge in [-0.25, -0.2) is 0 Å². The lowest BCUT2D eigenvalue weighted by Crippen LogP contribution is -1.94. The average molecular weight is 194 g/mol. The van der Waals surface area contributed by atoms with E-state index in [9.17, 15) is 0 Å². The Morgan fingerprint density at radius 2 is 2.00 bits per heavy atom. The molecule has 0 bridgehead atoms. The van der Waals surface area contributed by atoms with E-state index in [-0.39, 0.29) is 0 Å². The van der Waals surface area contributed by atoms with Crippen LogP contribution in [0.15, 0.2) is 12.1 Å². The van der Waals surface area contributed by atoms with Crippen molar-refractivity contribution in [3.05, 3.63) is 33.8 Å². The second-order valence-corrected chi connectivity index (χ2v) is 3.79. The van der Waals surface area contributed by atoms with Crippen LogP contribution in [0.4, 0.5) is 0 Å². The first-order valence-electron chi connectivity index (χ1n) is 4.27. The van der Waals surface area contributed by atoms with Crippen LogP contribution in [0.3, 0.4) is 0 Å². The smallest absolute Gasteiger partial charge is 0.101 e. The molecular formula is C11H12ClN. The van der Waals surface area contributed by atoms with Crippen LogP contribution in [0.2, 0.25) is 5.02 Å². The quantitative estimate of drug-likeness (QED) is 0.668. The van der Waals surface area contributed by atoms with Crippen LogP contribution >= 0.6 is 11.6 Å². The van der Waals surface area contributed by atoms with E-state index in [1.165, 1.54) is 5.56 Å². The lowest BCUT2D eigenvalue weighted by molar-refractivity contribution is 0.856. The van der Waals surface area contributed by atoms with Crippen LogP contribution in [-0.2, 0) is 0 Å². The molecule has 0 unspecified atom stereocenters. The van der Waals surface area contributed by atoms with E-state index in [4.69, 9.17) is 16.9 Å². The molecule has 68 valence electrons. The fourth-order valence-corrected chi connectivity index (χ4v) is 1.63. The Balaban J connectivity index is 3.33. The lowest BCUT2D eigenvalue weighted by atomic mass is 9.96. The maximum absolute atomic E-state index is 8.74. The summed E-state index contributed by atoms with van der Waals surface area (Å²) in [6, 6.07) is 5.83. The van der Waals surface area contributed by atoms with Crippen molar-refractivity contribution in [2.24, 2.45) is 0 Å². The number of halogens is 1. The van der Waals surface area contributed by atoms with Gasteiger partial charge in [0, 0.05) is 0 Å². The molecule has 0 amide bonds. The molecule has 0 aliphatic heterocycles. The van der Waals surface area contributed by atoms with E-state index < -0.39 is 0 Å². The average Bonchev–Trinajstić information content (AvgIpc) is 2.09. The van der Waals surface area contributed by atoms with Crippen molar-refractivity contribution in [3.8, 4) is 6.07 Å². The number of hydrogen-bond donors (Lipinski definition) is 0. The number of hydrogen-bond acceptors (Lipinski definition) is 1. The highest BCUT2D eigenvalue weighted by Gasteiger charge is 2.09. The van der Waals surface area contributed by atoms with Gasteiger partial charge >= 0.3 is 0 Å². The molecule has 0 saturated carbocycles. The summed E-state index contributed by atoms with van der Waals surface area (Å²) < 4.78 is 0. The van der Waals surface area contributed by atoms with Crippen LogP contribution in [0, 0.1) is 18.3 Å². The number of nitrogens with zero attached hydrogens (tertiary/aromatic N) is 1. The minimum atomic E-state index is 0.449. The van der Waals surface area contributed by atoms with Crippen LogP contribution in [0.25, 0.3) is 0 Å². The van der Waals surface area contributed by atoms with E-state index in [0.717, 1.165) is 5.56 Å². The lowest BCUT2D eigenvalue weighted by Gasteiger charge is -2.11. The predicted octanol–water partition coefficient (Wildman–Crippen LogP) is 3.64. The summed E-state index contributed by atoms with van der Waals surface area (Å²) in [5.41, 5.74) is 2.79. The standard InChI is InChI=1S/C11H12ClN/c1-7(2)10-5-4-9(6-13)11(12)8(10)3/h4-5,7H,1-3H3. The van der Waals surface area contributed by atoms with Crippen LogP contribution < -0.4 is 0 Å². The fourth-order valence-electron chi connectivity index (χ4n) is 1.41. The highest BCUT2D eigenvalue weighted by atomic mass is 35.5. The normalized spacial score (nSPS) is 10.2. The van der Waals surface area contributed by atoms with Crippen molar-refractivity contribution in [2.45, 2.75) is 26.7 Å². The molecule has 0 aliphatic rings. The molecule has 13 heavy (non-hydrogen) atoms. The maximum atomic E-state index is 8.74. The van der Waals surface area contributed by atoms with Gasteiger partial charge in [0.25, 0.3) is 0 Å². The van der Waals surface area contributed by atoms with Gasteiger partial charge < -0.3 is 0 Å². The zero-order chi connectivity index (χ0) is 10.0. The van der Waals surface area contributed by atoms with E-state index in [2.05, 4.69) is 19.9 Å². The Morgan fingerprint density at radius 3 is 2.46 bits per heavy atom. The van der Waals surface area contributed by atoms with Gasteiger partial charge in [0.05, 0.1) is 10.6 Å². The van der Waals surface area contributed by atoms with Crippen molar-refractivity contribution in [1.82, 2.24) is 0 Å². The summed E-state index contributed by atoms with van der Waals surface area (Å²) in [6.07, 6.45) is 0. The van der Waals surface area contributed by atoms with Crippen LogP contribution in [-0.4, -0.2) is 0 Å². The molecule has 0 N–H and O–H groups in total. The van der Waals surface area contributed by atoms with Crippen molar-refractivity contribution in [2.75, 3.05) is 0 Å². The molecular weight excluding hydrogens is 182 g/mol. The van der Waals surface area contributed by atoms with Gasteiger partial charge in [-0.05, 0) is 30.0 Å². The summed E-state index contributed by atoms with van der Waals surface area (Å²) in [4.78, 5) is 0. The molecule has 0 aliphatic carbocycles. The monoisotopic (exact) mass is 193 g/mol. The molecule has 1 nitrogen and oxygen atoms in total. The fraction of sp³-hybridized carbons (Fsp3) is 0.364. The largest absolute Gasteiger partial charge is 0.192 e. The van der Waals surface area contributed by atoms with Gasteiger partial charge in [0.2, 0.25) is 0 Å². The van der Waals surface area contributed by atoms with E-state index in [0.29, 0.717) is 16.5 Å². The maximum Gasteiger partial charge on any atom is 0.101 e. The zero-order valence-electron chi connectivity index (χ0n) is 8.06. The molecule has 2 heteroatoms. The Kier molecular flexibility index (Phi) is 2.95. The summed E-state index contributed by atoms with van der Waals surface area (Å²) >= 11 is 6.02. The summed E-state index contributed by atoms with van der Waals surface area (Å²) in [5, 5.41) is 9.33. The minimum Gasteiger partial charge on any atom is -0.192 e. The molecule has 1 aromatic carbocycles. The minimum absolute atomic E-state index is 0.449. The molecule has 0 spiro atoms. The van der Waals surface area contributed by atoms with Gasteiger partial charge in [0.15, 0.2) is 0 Å². The molecule has 0 radical (unpaired) electrons. The van der Waals surface area contributed by atoms with Gasteiger partial charge in [0.1, 0.15) is 6.07 Å². The summed E-state index contributed by atoms with van der Waals surface area (Å²) in [7, 11) is 0. The first-order valence-corrected chi connectivity index (χ1v) is 4.64. The molecule has 1 aromatic rings. The van der Waals surface area contributed by atoms with E-state index in [1.54, 1.807) is 6.07 Å². The summed E-state index contributed by atoms with van der Waals surface area (Å²) in [6.45, 7) is 6.19. The first kappa shape index (κ1) is 10.1. The van der Waals surface area contributed by atoms with Crippen molar-refractivity contribution < 1.29 is 0 Å². The topological polar surface area (TPSA) is 23.8 Å². The Hall–Kier alpha value is -1.00. The van der Waals surface area contributed by atoms with Gasteiger partial charge in [-0.15, -0.1) is 0 Å². The van der Waals surface area contributed by atoms with E-state index >= 15 is 0 Å². The third kappa shape index (κ3) is 1.84. The zero-order valence-corrected chi connectivity index (χ0v) is 8.81. The highest BCUT2D eigenvalue weighted by molar-refractivity contribution is 6.32. The molecule has 0 fully saturated rings. The number of nitriles is 1. The Bertz CT molecular complexity index is 361. The van der Waals surface area contributed by atoms with Crippen LogP contribution in [0.1, 0.15) is 36.5 Å². The summed E-state index contributed by atoms with van der Waals surface area (Å²) in [5.74, 6) is 0.449. The number of benzene rings is 1. The van der Waals surface area contributed by atoms with E-state index in [1.807, 2.05) is 13.0 Å². The van der Waals surface area contributed by atoms with Crippen LogP contribution in [0.5, 0.6) is 0 Å². The van der Waals surface area contributed by atoms with Crippen molar-refractivity contribution >= 4 is 11.6 Å². The second-order valence-electron chi connectivity index (χ2n) is 3.41. The molecule has 0 atom stereocenters. The van der Waals surface area contributed by atoms with Crippen molar-refractivity contribution in [3.63, 3.8) is 0 Å². The highest BCUT2D eigenvalue weighted by Crippen LogP contribution is 2.27. The second kappa shape index (κ2) is 3.81. The Morgan fingerprint density at radius 1 is 1.38 bits per heavy atom. The van der Waals surface area contributed by atoms with Gasteiger partial charge in [-0.3, -0.25) is 0 Å². The predicted molar refractivity (Wildman–Crippen MR) is 55.0 cm³/mol. The molecule has 0 aromatic heterocycles. The Labute approximate surface area is 84.0 Å². The third-order valence-corrected chi connectivity index (χ3v) is 2.66.